The molecule has 0 aliphatic heterocycles. The lowest BCUT2D eigenvalue weighted by Crippen LogP contribution is -2.34. The van der Waals surface area contributed by atoms with E-state index in [4.69, 9.17) is 4.74 Å². The molecular formula is C11H20N4O3S. The summed E-state index contributed by atoms with van der Waals surface area (Å²) < 4.78 is 31.2. The number of nitrogens with one attached hydrogen (secondary N) is 1. The summed E-state index contributed by atoms with van der Waals surface area (Å²) in [6, 6.07) is 0. The molecule has 0 spiro atoms. The first kappa shape index (κ1) is 15.8. The van der Waals surface area contributed by atoms with Crippen molar-refractivity contribution in [2.75, 3.05) is 38.7 Å². The van der Waals surface area contributed by atoms with E-state index in [1.807, 2.05) is 6.92 Å². The third-order valence-electron chi connectivity index (χ3n) is 2.53. The van der Waals surface area contributed by atoms with Crippen LogP contribution in [0.25, 0.3) is 0 Å². The minimum atomic E-state index is -3.56. The van der Waals surface area contributed by atoms with Gasteiger partial charge in [0, 0.05) is 26.7 Å². The fourth-order valence-corrected chi connectivity index (χ4v) is 2.81. The predicted octanol–water partition coefficient (Wildman–Crippen LogP) is 0.565. The minimum absolute atomic E-state index is 0.0878. The Balaban J connectivity index is 2.86. The molecule has 1 rings (SSSR count). The molecule has 0 unspecified atom stereocenters. The number of rotatable bonds is 8. The molecule has 0 aliphatic carbocycles. The van der Waals surface area contributed by atoms with Crippen LogP contribution in [-0.2, 0) is 14.8 Å². The molecule has 1 aromatic heterocycles. The van der Waals surface area contributed by atoms with Crippen molar-refractivity contribution in [2.45, 2.75) is 18.7 Å². The summed E-state index contributed by atoms with van der Waals surface area (Å²) >= 11 is 0. The van der Waals surface area contributed by atoms with Gasteiger partial charge in [0.1, 0.15) is 4.90 Å². The topological polar surface area (TPSA) is 84.4 Å². The number of likely N-dealkylation sites (N-methyl/N-ethyl adjacent to an activating group) is 1. The summed E-state index contributed by atoms with van der Waals surface area (Å²) in [6.45, 7) is 5.29. The van der Waals surface area contributed by atoms with Crippen LogP contribution in [0.4, 0.5) is 5.95 Å². The van der Waals surface area contributed by atoms with E-state index in [2.05, 4.69) is 15.3 Å². The van der Waals surface area contributed by atoms with E-state index in [0.717, 1.165) is 0 Å². The molecule has 0 bridgehead atoms. The maximum atomic E-state index is 12.3. The molecule has 1 aromatic rings. The molecule has 1 heterocycles. The number of nitrogens with zero attached hydrogens (tertiary/aromatic N) is 3. The maximum absolute atomic E-state index is 12.3. The van der Waals surface area contributed by atoms with Crippen molar-refractivity contribution in [3.05, 3.63) is 12.4 Å². The molecule has 19 heavy (non-hydrogen) atoms. The first-order chi connectivity index (χ1) is 9.06. The fraction of sp³-hybridized carbons (Fsp3) is 0.636. The minimum Gasteiger partial charge on any atom is -0.380 e. The van der Waals surface area contributed by atoms with Gasteiger partial charge in [0.2, 0.25) is 16.0 Å². The summed E-state index contributed by atoms with van der Waals surface area (Å²) in [4.78, 5) is 7.92. The standard InChI is InChI=1S/C11H20N4O3S/c1-4-15(6-7-18-5-2)19(16,17)10-8-13-11(12-3)14-9-10/h8-9H,4-7H2,1-3H3,(H,12,13,14). The van der Waals surface area contributed by atoms with Crippen molar-refractivity contribution < 1.29 is 13.2 Å². The van der Waals surface area contributed by atoms with E-state index >= 15 is 0 Å². The molecule has 1 N–H and O–H groups in total. The lowest BCUT2D eigenvalue weighted by atomic mass is 10.6. The largest absolute Gasteiger partial charge is 0.380 e. The Morgan fingerprint density at radius 3 is 2.42 bits per heavy atom. The second-order valence-corrected chi connectivity index (χ2v) is 5.62. The Bertz CT molecular complexity index is 475. The van der Waals surface area contributed by atoms with Crippen LogP contribution >= 0.6 is 0 Å². The van der Waals surface area contributed by atoms with Gasteiger partial charge in [0.05, 0.1) is 19.0 Å². The smallest absolute Gasteiger partial charge is 0.246 e. The van der Waals surface area contributed by atoms with Crippen molar-refractivity contribution in [2.24, 2.45) is 0 Å². The molecule has 0 saturated heterocycles. The van der Waals surface area contributed by atoms with Gasteiger partial charge in [-0.2, -0.15) is 4.31 Å². The van der Waals surface area contributed by atoms with Crippen LogP contribution in [-0.4, -0.2) is 56.0 Å². The van der Waals surface area contributed by atoms with Gasteiger partial charge < -0.3 is 10.1 Å². The zero-order valence-corrected chi connectivity index (χ0v) is 12.3. The number of aromatic nitrogens is 2. The van der Waals surface area contributed by atoms with Crippen LogP contribution < -0.4 is 5.32 Å². The average Bonchev–Trinajstić information content (AvgIpc) is 2.43. The van der Waals surface area contributed by atoms with Gasteiger partial charge in [-0.25, -0.2) is 18.4 Å². The quantitative estimate of drug-likeness (QED) is 0.704. The van der Waals surface area contributed by atoms with Gasteiger partial charge >= 0.3 is 0 Å². The van der Waals surface area contributed by atoms with Crippen LogP contribution in [0, 0.1) is 0 Å². The van der Waals surface area contributed by atoms with Crippen LogP contribution in [0.3, 0.4) is 0 Å². The Morgan fingerprint density at radius 1 is 1.32 bits per heavy atom. The average molecular weight is 288 g/mol. The number of hydrogen-bond donors (Lipinski definition) is 1. The summed E-state index contributed by atoms with van der Waals surface area (Å²) in [5.41, 5.74) is 0. The van der Waals surface area contributed by atoms with Crippen molar-refractivity contribution >= 4 is 16.0 Å². The van der Waals surface area contributed by atoms with Crippen molar-refractivity contribution in [1.29, 1.82) is 0 Å². The highest BCUT2D eigenvalue weighted by Gasteiger charge is 2.23. The lowest BCUT2D eigenvalue weighted by Gasteiger charge is -2.19. The zero-order valence-electron chi connectivity index (χ0n) is 11.5. The summed E-state index contributed by atoms with van der Waals surface area (Å²) in [7, 11) is -1.89. The van der Waals surface area contributed by atoms with E-state index < -0.39 is 10.0 Å². The highest BCUT2D eigenvalue weighted by Crippen LogP contribution is 2.14. The highest BCUT2D eigenvalue weighted by molar-refractivity contribution is 7.89. The molecule has 0 amide bonds. The van der Waals surface area contributed by atoms with Crippen molar-refractivity contribution in [3.8, 4) is 0 Å². The third-order valence-corrected chi connectivity index (χ3v) is 4.46. The van der Waals surface area contributed by atoms with E-state index in [9.17, 15) is 8.42 Å². The second kappa shape index (κ2) is 7.37. The SMILES string of the molecule is CCOCCN(CC)S(=O)(=O)c1cnc(NC)nc1. The first-order valence-corrected chi connectivity index (χ1v) is 7.58. The van der Waals surface area contributed by atoms with Gasteiger partial charge in [-0.3, -0.25) is 0 Å². The fourth-order valence-electron chi connectivity index (χ4n) is 1.49. The van der Waals surface area contributed by atoms with Crippen LogP contribution in [0.15, 0.2) is 17.3 Å². The molecule has 0 aromatic carbocycles. The van der Waals surface area contributed by atoms with Crippen molar-refractivity contribution in [3.63, 3.8) is 0 Å². The molecule has 0 atom stereocenters. The Kier molecular flexibility index (Phi) is 6.13. The Morgan fingerprint density at radius 2 is 1.95 bits per heavy atom. The number of hydrogen-bond acceptors (Lipinski definition) is 6. The Hall–Kier alpha value is -1.25. The van der Waals surface area contributed by atoms with Gasteiger partial charge in [0.25, 0.3) is 0 Å². The molecule has 0 aliphatic rings. The number of ether oxygens (including phenoxy) is 1. The first-order valence-electron chi connectivity index (χ1n) is 6.14. The monoisotopic (exact) mass is 288 g/mol. The number of anilines is 1. The molecular weight excluding hydrogens is 268 g/mol. The molecule has 8 heteroatoms. The van der Waals surface area contributed by atoms with Crippen molar-refractivity contribution in [1.82, 2.24) is 14.3 Å². The number of sulfonamides is 1. The molecule has 7 nitrogen and oxygen atoms in total. The summed E-state index contributed by atoms with van der Waals surface area (Å²) in [6.07, 6.45) is 2.61. The Labute approximate surface area is 114 Å². The predicted molar refractivity (Wildman–Crippen MR) is 72.5 cm³/mol. The highest BCUT2D eigenvalue weighted by atomic mass is 32.2. The van der Waals surface area contributed by atoms with Crippen LogP contribution in [0.5, 0.6) is 0 Å². The van der Waals surface area contributed by atoms with Crippen LogP contribution in [0.2, 0.25) is 0 Å². The van der Waals surface area contributed by atoms with E-state index in [0.29, 0.717) is 32.3 Å². The van der Waals surface area contributed by atoms with E-state index in [1.54, 1.807) is 14.0 Å². The molecule has 0 fully saturated rings. The lowest BCUT2D eigenvalue weighted by molar-refractivity contribution is 0.135. The molecule has 0 saturated carbocycles. The van der Waals surface area contributed by atoms with E-state index in [-0.39, 0.29) is 4.90 Å². The van der Waals surface area contributed by atoms with Crippen LogP contribution in [0.1, 0.15) is 13.8 Å². The summed E-state index contributed by atoms with van der Waals surface area (Å²) in [5, 5.41) is 2.74. The third kappa shape index (κ3) is 4.12. The maximum Gasteiger partial charge on any atom is 0.246 e. The van der Waals surface area contributed by atoms with E-state index in [1.165, 1.54) is 16.7 Å². The van der Waals surface area contributed by atoms with Gasteiger partial charge in [-0.15, -0.1) is 0 Å². The second-order valence-electron chi connectivity index (χ2n) is 3.69. The van der Waals surface area contributed by atoms with Gasteiger partial charge in [-0.05, 0) is 6.92 Å². The zero-order chi connectivity index (χ0) is 14.3. The normalized spacial score (nSPS) is 11.8. The molecule has 0 radical (unpaired) electrons. The summed E-state index contributed by atoms with van der Waals surface area (Å²) in [5.74, 6) is 0.385. The van der Waals surface area contributed by atoms with Gasteiger partial charge in [-0.1, -0.05) is 6.92 Å². The van der Waals surface area contributed by atoms with Gasteiger partial charge in [0.15, 0.2) is 0 Å². The molecule has 108 valence electrons.